The number of aromatic nitrogens is 1. The van der Waals surface area contributed by atoms with E-state index in [-0.39, 0.29) is 5.91 Å². The smallest absolute Gasteiger partial charge is 0.267 e. The van der Waals surface area contributed by atoms with Crippen LogP contribution in [0.5, 0.6) is 0 Å². The van der Waals surface area contributed by atoms with Gasteiger partial charge in [0, 0.05) is 16.9 Å². The zero-order valence-electron chi connectivity index (χ0n) is 11.5. The number of nitrogens with one attached hydrogen (secondary N) is 1. The van der Waals surface area contributed by atoms with Crippen LogP contribution in [0, 0.1) is 0 Å². The number of rotatable bonds is 4. The Bertz CT molecular complexity index is 681. The first-order chi connectivity index (χ1) is 10.1. The van der Waals surface area contributed by atoms with Crippen molar-refractivity contribution in [1.29, 1.82) is 0 Å². The number of hydrogen-bond donors (Lipinski definition) is 1. The fourth-order valence-electron chi connectivity index (χ4n) is 1.64. The van der Waals surface area contributed by atoms with Crippen molar-refractivity contribution in [3.05, 3.63) is 70.0 Å². The molecule has 1 N–H and O–H groups in total. The van der Waals surface area contributed by atoms with Crippen LogP contribution in [-0.4, -0.2) is 17.1 Å². The monoisotopic (exact) mass is 343 g/mol. The van der Waals surface area contributed by atoms with Gasteiger partial charge < -0.3 is 0 Å². The molecule has 21 heavy (non-hydrogen) atoms. The van der Waals surface area contributed by atoms with Crippen LogP contribution in [0.25, 0.3) is 6.08 Å². The van der Waals surface area contributed by atoms with E-state index in [9.17, 15) is 4.79 Å². The minimum Gasteiger partial charge on any atom is -0.267 e. The SMILES string of the molecule is CC(C=NNC(=O)c1cncc(Br)c1)=Cc1ccccc1. The van der Waals surface area contributed by atoms with Gasteiger partial charge in [0.1, 0.15) is 0 Å². The van der Waals surface area contributed by atoms with E-state index in [4.69, 9.17) is 0 Å². The van der Waals surface area contributed by atoms with E-state index < -0.39 is 0 Å². The summed E-state index contributed by atoms with van der Waals surface area (Å²) in [5.41, 5.74) is 4.95. The van der Waals surface area contributed by atoms with E-state index in [1.165, 1.54) is 6.20 Å². The predicted molar refractivity (Wildman–Crippen MR) is 88.0 cm³/mol. The number of nitrogens with zero attached hydrogens (tertiary/aromatic N) is 2. The minimum absolute atomic E-state index is 0.299. The van der Waals surface area contributed by atoms with Crippen molar-refractivity contribution in [1.82, 2.24) is 10.4 Å². The van der Waals surface area contributed by atoms with Gasteiger partial charge in [0.2, 0.25) is 0 Å². The summed E-state index contributed by atoms with van der Waals surface area (Å²) >= 11 is 3.27. The van der Waals surface area contributed by atoms with Crippen LogP contribution < -0.4 is 5.43 Å². The lowest BCUT2D eigenvalue weighted by atomic mass is 10.1. The molecular weight excluding hydrogens is 330 g/mol. The topological polar surface area (TPSA) is 54.4 Å². The minimum atomic E-state index is -0.299. The second-order valence-electron chi connectivity index (χ2n) is 4.39. The summed E-state index contributed by atoms with van der Waals surface area (Å²) in [5.74, 6) is -0.299. The van der Waals surface area contributed by atoms with Crippen LogP contribution in [0.4, 0.5) is 0 Å². The number of benzene rings is 1. The van der Waals surface area contributed by atoms with Gasteiger partial charge in [-0.05, 0) is 40.1 Å². The van der Waals surface area contributed by atoms with E-state index in [2.05, 4.69) is 31.4 Å². The van der Waals surface area contributed by atoms with Crippen LogP contribution in [0.3, 0.4) is 0 Å². The van der Waals surface area contributed by atoms with Crippen molar-refractivity contribution in [2.45, 2.75) is 6.92 Å². The molecule has 0 saturated heterocycles. The van der Waals surface area contributed by atoms with Crippen LogP contribution in [0.15, 0.2) is 63.9 Å². The quantitative estimate of drug-likeness (QED) is 0.680. The molecule has 0 atom stereocenters. The van der Waals surface area contributed by atoms with E-state index in [0.717, 1.165) is 15.6 Å². The highest BCUT2D eigenvalue weighted by Gasteiger charge is 2.04. The summed E-state index contributed by atoms with van der Waals surface area (Å²) in [6.07, 6.45) is 6.70. The molecule has 0 saturated carbocycles. The third kappa shape index (κ3) is 4.96. The Morgan fingerprint density at radius 3 is 2.76 bits per heavy atom. The van der Waals surface area contributed by atoms with Gasteiger partial charge in [0.15, 0.2) is 0 Å². The summed E-state index contributed by atoms with van der Waals surface area (Å²) in [6.45, 7) is 1.92. The number of carbonyl (C=O) groups excluding carboxylic acids is 1. The Kier molecular flexibility index (Phi) is 5.40. The normalized spacial score (nSPS) is 11.6. The van der Waals surface area contributed by atoms with Crippen molar-refractivity contribution in [2.75, 3.05) is 0 Å². The molecule has 106 valence electrons. The number of allylic oxidation sites excluding steroid dienone is 1. The molecule has 0 bridgehead atoms. The van der Waals surface area contributed by atoms with E-state index in [1.54, 1.807) is 18.5 Å². The molecule has 0 radical (unpaired) electrons. The largest absolute Gasteiger partial charge is 0.272 e. The highest BCUT2D eigenvalue weighted by Crippen LogP contribution is 2.09. The lowest BCUT2D eigenvalue weighted by Crippen LogP contribution is -2.17. The fraction of sp³-hybridized carbons (Fsp3) is 0.0625. The lowest BCUT2D eigenvalue weighted by Gasteiger charge is -1.99. The lowest BCUT2D eigenvalue weighted by molar-refractivity contribution is 0.0954. The number of pyridine rings is 1. The molecule has 0 aliphatic rings. The second-order valence-corrected chi connectivity index (χ2v) is 5.31. The van der Waals surface area contributed by atoms with E-state index in [1.807, 2.05) is 43.3 Å². The van der Waals surface area contributed by atoms with Crippen LogP contribution in [-0.2, 0) is 0 Å². The Balaban J connectivity index is 1.96. The molecule has 1 amide bonds. The molecule has 0 aliphatic heterocycles. The molecule has 0 aliphatic carbocycles. The van der Waals surface area contributed by atoms with Crippen molar-refractivity contribution < 1.29 is 4.79 Å². The summed E-state index contributed by atoms with van der Waals surface area (Å²) in [5, 5.41) is 3.94. The molecule has 1 aromatic carbocycles. The van der Waals surface area contributed by atoms with Gasteiger partial charge >= 0.3 is 0 Å². The molecule has 0 unspecified atom stereocenters. The Morgan fingerprint density at radius 2 is 2.05 bits per heavy atom. The van der Waals surface area contributed by atoms with Crippen molar-refractivity contribution in [2.24, 2.45) is 5.10 Å². The first-order valence-corrected chi connectivity index (χ1v) is 7.12. The third-order valence-corrected chi connectivity index (χ3v) is 3.03. The van der Waals surface area contributed by atoms with Gasteiger partial charge in [0.25, 0.3) is 5.91 Å². The van der Waals surface area contributed by atoms with E-state index in [0.29, 0.717) is 5.56 Å². The number of carbonyl (C=O) groups is 1. The molecule has 0 fully saturated rings. The first-order valence-electron chi connectivity index (χ1n) is 6.32. The molecule has 1 aromatic heterocycles. The Hall–Kier alpha value is -2.27. The maximum atomic E-state index is 11.8. The predicted octanol–water partition coefficient (Wildman–Crippen LogP) is 3.66. The summed E-state index contributed by atoms with van der Waals surface area (Å²) in [6, 6.07) is 11.6. The second kappa shape index (κ2) is 7.50. The maximum Gasteiger partial charge on any atom is 0.272 e. The molecule has 1 heterocycles. The highest BCUT2D eigenvalue weighted by molar-refractivity contribution is 9.10. The fourth-order valence-corrected chi connectivity index (χ4v) is 2.01. The van der Waals surface area contributed by atoms with Gasteiger partial charge in [0.05, 0.1) is 11.8 Å². The van der Waals surface area contributed by atoms with Gasteiger partial charge in [-0.3, -0.25) is 9.78 Å². The molecule has 5 heteroatoms. The standard InChI is InChI=1S/C16H14BrN3O/c1-12(7-13-5-3-2-4-6-13)9-19-20-16(21)14-8-15(17)11-18-10-14/h2-11H,1H3,(H,20,21). The highest BCUT2D eigenvalue weighted by atomic mass is 79.9. The van der Waals surface area contributed by atoms with Crippen LogP contribution in [0.1, 0.15) is 22.8 Å². The van der Waals surface area contributed by atoms with Gasteiger partial charge in [-0.25, -0.2) is 5.43 Å². The molecular formula is C16H14BrN3O. The summed E-state index contributed by atoms with van der Waals surface area (Å²) in [7, 11) is 0. The number of hydrogen-bond acceptors (Lipinski definition) is 3. The summed E-state index contributed by atoms with van der Waals surface area (Å²) in [4.78, 5) is 15.8. The first kappa shape index (κ1) is 15.1. The number of amides is 1. The zero-order valence-corrected chi connectivity index (χ0v) is 13.0. The maximum absolute atomic E-state index is 11.8. The van der Waals surface area contributed by atoms with Crippen molar-refractivity contribution >= 4 is 34.1 Å². The summed E-state index contributed by atoms with van der Waals surface area (Å²) < 4.78 is 0.749. The number of halogens is 1. The molecule has 2 aromatic rings. The average molecular weight is 344 g/mol. The molecule has 4 nitrogen and oxygen atoms in total. The van der Waals surface area contributed by atoms with Crippen molar-refractivity contribution in [3.8, 4) is 0 Å². The van der Waals surface area contributed by atoms with Gasteiger partial charge in [-0.2, -0.15) is 5.10 Å². The van der Waals surface area contributed by atoms with E-state index >= 15 is 0 Å². The average Bonchev–Trinajstić information content (AvgIpc) is 2.48. The Morgan fingerprint density at radius 1 is 1.29 bits per heavy atom. The molecule has 0 spiro atoms. The third-order valence-electron chi connectivity index (χ3n) is 2.60. The zero-order chi connectivity index (χ0) is 15.1. The van der Waals surface area contributed by atoms with Crippen molar-refractivity contribution in [3.63, 3.8) is 0 Å². The van der Waals surface area contributed by atoms with Gasteiger partial charge in [-0.1, -0.05) is 36.4 Å². The molecule has 2 rings (SSSR count). The number of hydrazone groups is 1. The van der Waals surface area contributed by atoms with Crippen LogP contribution >= 0.6 is 15.9 Å². The Labute approximate surface area is 131 Å². The van der Waals surface area contributed by atoms with Gasteiger partial charge in [-0.15, -0.1) is 0 Å². The van der Waals surface area contributed by atoms with Crippen LogP contribution in [0.2, 0.25) is 0 Å².